The van der Waals surface area contributed by atoms with Gasteiger partial charge < -0.3 is 20.4 Å². The minimum atomic E-state index is -0.134. The van der Waals surface area contributed by atoms with Crippen LogP contribution in [0.25, 0.3) is 0 Å². The summed E-state index contributed by atoms with van der Waals surface area (Å²) in [6, 6.07) is 28.5. The van der Waals surface area contributed by atoms with Crippen molar-refractivity contribution in [2.45, 2.75) is 25.3 Å². The average Bonchev–Trinajstić information content (AvgIpc) is 3.17. The summed E-state index contributed by atoms with van der Waals surface area (Å²) in [5.41, 5.74) is 4.11. The fourth-order valence-corrected chi connectivity index (χ4v) is 4.58. The molecule has 36 heavy (non-hydrogen) atoms. The second-order valence-electron chi connectivity index (χ2n) is 8.99. The minimum absolute atomic E-state index is 0.134. The summed E-state index contributed by atoms with van der Waals surface area (Å²) in [5.74, 6) is 0.291. The van der Waals surface area contributed by atoms with Crippen molar-refractivity contribution in [2.24, 2.45) is 4.99 Å². The number of nitrogens with one attached hydrogen (secondary N) is 3. The zero-order chi connectivity index (χ0) is 25.2. The van der Waals surface area contributed by atoms with E-state index >= 15 is 0 Å². The van der Waals surface area contributed by atoms with Gasteiger partial charge in [0.2, 0.25) is 5.91 Å². The van der Waals surface area contributed by atoms with E-state index in [4.69, 9.17) is 5.41 Å². The van der Waals surface area contributed by atoms with Crippen LogP contribution in [-0.2, 0) is 17.6 Å². The predicted octanol–water partition coefficient (Wildman–Crippen LogP) is 4.49. The van der Waals surface area contributed by atoms with Crippen LogP contribution in [0.3, 0.4) is 0 Å². The lowest BCUT2D eigenvalue weighted by molar-refractivity contribution is -0.116. The Bertz CT molecular complexity index is 1160. The molecule has 1 saturated heterocycles. The molecule has 0 aliphatic carbocycles. The molecule has 1 heterocycles. The fourth-order valence-electron chi connectivity index (χ4n) is 4.58. The van der Waals surface area contributed by atoms with Gasteiger partial charge in [-0.3, -0.25) is 15.2 Å². The van der Waals surface area contributed by atoms with Crippen molar-refractivity contribution in [3.05, 3.63) is 96.1 Å². The van der Waals surface area contributed by atoms with E-state index in [-0.39, 0.29) is 18.5 Å². The predicted molar refractivity (Wildman–Crippen MR) is 148 cm³/mol. The maximum absolute atomic E-state index is 12.9. The number of anilines is 2. The summed E-state index contributed by atoms with van der Waals surface area (Å²) in [4.78, 5) is 20.9. The van der Waals surface area contributed by atoms with Crippen LogP contribution in [0.2, 0.25) is 0 Å². The van der Waals surface area contributed by atoms with Crippen LogP contribution in [0.1, 0.15) is 17.5 Å². The van der Waals surface area contributed by atoms with E-state index in [2.05, 4.69) is 69.1 Å². The molecule has 7 heteroatoms. The van der Waals surface area contributed by atoms with Crippen LogP contribution in [-0.4, -0.2) is 60.7 Å². The van der Waals surface area contributed by atoms with Crippen molar-refractivity contribution < 1.29 is 4.79 Å². The molecule has 0 unspecified atom stereocenters. The van der Waals surface area contributed by atoms with Crippen molar-refractivity contribution in [1.29, 1.82) is 5.41 Å². The van der Waals surface area contributed by atoms with Gasteiger partial charge in [0, 0.05) is 31.5 Å². The number of carbonyl (C=O) groups excluding carboxylic acids is 1. The lowest BCUT2D eigenvalue weighted by Gasteiger charge is -2.25. The molecule has 0 spiro atoms. The van der Waals surface area contributed by atoms with Crippen LogP contribution >= 0.6 is 0 Å². The number of aryl methyl sites for hydroxylation is 1. The van der Waals surface area contributed by atoms with E-state index in [9.17, 15) is 4.79 Å². The van der Waals surface area contributed by atoms with E-state index in [1.54, 1.807) is 13.4 Å². The highest BCUT2D eigenvalue weighted by molar-refractivity contribution is 5.95. The monoisotopic (exact) mass is 482 g/mol. The van der Waals surface area contributed by atoms with E-state index < -0.39 is 0 Å². The van der Waals surface area contributed by atoms with Crippen LogP contribution < -0.4 is 10.6 Å². The van der Waals surface area contributed by atoms with Crippen LogP contribution in [0.15, 0.2) is 89.9 Å². The van der Waals surface area contributed by atoms with E-state index in [1.807, 2.05) is 41.3 Å². The Hall–Kier alpha value is -4.13. The SMILES string of the molecule is CN=CNc1cccc(NC(=O)CN2C[C@H](Cc3ccccc3)N(CCCc3ccccc3)C2=N)c1. The topological polar surface area (TPSA) is 83.8 Å². The first kappa shape index (κ1) is 25.0. The van der Waals surface area contributed by atoms with Crippen LogP contribution in [0.4, 0.5) is 11.4 Å². The molecule has 3 aromatic carbocycles. The maximum Gasteiger partial charge on any atom is 0.244 e. The summed E-state index contributed by atoms with van der Waals surface area (Å²) < 4.78 is 0. The minimum Gasteiger partial charge on any atom is -0.347 e. The number of hydrogen-bond acceptors (Lipinski definition) is 3. The molecule has 1 aliphatic heterocycles. The summed E-state index contributed by atoms with van der Waals surface area (Å²) in [6.45, 7) is 1.59. The largest absolute Gasteiger partial charge is 0.347 e. The molecule has 1 atom stereocenters. The zero-order valence-corrected chi connectivity index (χ0v) is 20.7. The van der Waals surface area contributed by atoms with Gasteiger partial charge in [-0.2, -0.15) is 0 Å². The molecule has 4 rings (SSSR count). The average molecular weight is 483 g/mol. The smallest absolute Gasteiger partial charge is 0.244 e. The Morgan fingerprint density at radius 1 is 1.00 bits per heavy atom. The third-order valence-electron chi connectivity index (χ3n) is 6.31. The molecule has 3 aromatic rings. The van der Waals surface area contributed by atoms with Crippen molar-refractivity contribution in [3.8, 4) is 0 Å². The highest BCUT2D eigenvalue weighted by atomic mass is 16.2. The van der Waals surface area contributed by atoms with Crippen LogP contribution in [0.5, 0.6) is 0 Å². The number of carbonyl (C=O) groups is 1. The van der Waals surface area contributed by atoms with Gasteiger partial charge >= 0.3 is 0 Å². The summed E-state index contributed by atoms with van der Waals surface area (Å²) in [7, 11) is 1.69. The number of hydrogen-bond donors (Lipinski definition) is 3. The van der Waals surface area contributed by atoms with Gasteiger partial charge in [-0.25, -0.2) is 0 Å². The second kappa shape index (κ2) is 12.5. The summed E-state index contributed by atoms with van der Waals surface area (Å²) >= 11 is 0. The Morgan fingerprint density at radius 3 is 2.42 bits per heavy atom. The number of guanidine groups is 1. The molecule has 0 bridgehead atoms. The molecule has 1 fully saturated rings. The Labute approximate surface area is 213 Å². The highest BCUT2D eigenvalue weighted by Gasteiger charge is 2.34. The number of rotatable bonds is 11. The molecule has 186 valence electrons. The van der Waals surface area contributed by atoms with E-state index in [0.717, 1.165) is 31.5 Å². The standard InChI is InChI=1S/C29H34N6O/c1-31-22-32-25-15-8-16-26(19-25)33-28(36)21-34-20-27(18-24-12-6-3-7-13-24)35(29(34)30)17-9-14-23-10-4-2-5-11-23/h2-8,10-13,15-16,19,22,27,30H,9,14,17-18,20-21H2,1H3,(H,31,32)(H,33,36)/t27-/m0/s1. The molecule has 0 aromatic heterocycles. The Morgan fingerprint density at radius 2 is 1.69 bits per heavy atom. The quantitative estimate of drug-likeness (QED) is 0.278. The third kappa shape index (κ3) is 6.95. The number of amides is 1. The first-order valence-corrected chi connectivity index (χ1v) is 12.4. The van der Waals surface area contributed by atoms with Crippen molar-refractivity contribution in [1.82, 2.24) is 9.80 Å². The molecular weight excluding hydrogens is 448 g/mol. The van der Waals surface area contributed by atoms with E-state index in [1.165, 1.54) is 11.1 Å². The van der Waals surface area contributed by atoms with Gasteiger partial charge in [0.25, 0.3) is 0 Å². The first-order valence-electron chi connectivity index (χ1n) is 12.4. The fraction of sp³-hybridized carbons (Fsp3) is 0.276. The number of nitrogens with zero attached hydrogens (tertiary/aromatic N) is 3. The number of aliphatic imine (C=N–C) groups is 1. The molecule has 1 amide bonds. The van der Waals surface area contributed by atoms with Gasteiger partial charge in [-0.05, 0) is 48.6 Å². The van der Waals surface area contributed by atoms with Gasteiger partial charge in [-0.15, -0.1) is 0 Å². The normalized spacial score (nSPS) is 15.5. The van der Waals surface area contributed by atoms with Crippen molar-refractivity contribution in [3.63, 3.8) is 0 Å². The maximum atomic E-state index is 12.9. The molecule has 3 N–H and O–H groups in total. The summed E-state index contributed by atoms with van der Waals surface area (Å²) in [5, 5.41) is 14.9. The molecular formula is C29H34N6O. The van der Waals surface area contributed by atoms with Crippen LogP contribution in [0, 0.1) is 5.41 Å². The molecule has 0 saturated carbocycles. The van der Waals surface area contributed by atoms with Crippen molar-refractivity contribution >= 4 is 29.6 Å². The zero-order valence-electron chi connectivity index (χ0n) is 20.7. The molecule has 7 nitrogen and oxygen atoms in total. The number of benzene rings is 3. The van der Waals surface area contributed by atoms with Gasteiger partial charge in [-0.1, -0.05) is 66.7 Å². The van der Waals surface area contributed by atoms with Crippen molar-refractivity contribution in [2.75, 3.05) is 37.3 Å². The first-order chi connectivity index (χ1) is 17.6. The van der Waals surface area contributed by atoms with Gasteiger partial charge in [0.1, 0.15) is 6.54 Å². The van der Waals surface area contributed by atoms with Gasteiger partial charge in [0.15, 0.2) is 5.96 Å². The highest BCUT2D eigenvalue weighted by Crippen LogP contribution is 2.21. The van der Waals surface area contributed by atoms with E-state index in [0.29, 0.717) is 18.2 Å². The Kier molecular flexibility index (Phi) is 8.70. The third-order valence-corrected chi connectivity index (χ3v) is 6.31. The molecule has 1 aliphatic rings. The lowest BCUT2D eigenvalue weighted by Crippen LogP contribution is -2.39. The second-order valence-corrected chi connectivity index (χ2v) is 8.99. The summed E-state index contributed by atoms with van der Waals surface area (Å²) in [6.07, 6.45) is 4.37. The molecule has 0 radical (unpaired) electrons. The lowest BCUT2D eigenvalue weighted by atomic mass is 10.0. The van der Waals surface area contributed by atoms with Gasteiger partial charge in [0.05, 0.1) is 12.4 Å². The Balaban J connectivity index is 1.39.